The SMILES string of the molecule is O=C1CN=C(c2cc(Cl)nc(Cl)c2)NN1Cc1ccccc1. The monoisotopic (exact) mass is 334 g/mol. The van der Waals surface area contributed by atoms with Crippen molar-refractivity contribution in [2.45, 2.75) is 6.54 Å². The number of amidine groups is 1. The van der Waals surface area contributed by atoms with Crippen LogP contribution in [-0.4, -0.2) is 28.3 Å². The van der Waals surface area contributed by atoms with Gasteiger partial charge in [-0.2, -0.15) is 0 Å². The molecule has 0 fully saturated rings. The lowest BCUT2D eigenvalue weighted by atomic mass is 10.2. The minimum Gasteiger partial charge on any atom is -0.279 e. The van der Waals surface area contributed by atoms with Gasteiger partial charge in [-0.25, -0.2) is 9.99 Å². The highest BCUT2D eigenvalue weighted by molar-refractivity contribution is 6.33. The van der Waals surface area contributed by atoms with Crippen LogP contribution in [0.4, 0.5) is 0 Å². The van der Waals surface area contributed by atoms with Gasteiger partial charge in [0, 0.05) is 5.56 Å². The second-order valence-corrected chi connectivity index (χ2v) is 5.52. The van der Waals surface area contributed by atoms with Crippen molar-refractivity contribution >= 4 is 34.9 Å². The third-order valence-electron chi connectivity index (χ3n) is 3.13. The Morgan fingerprint density at radius 1 is 1.14 bits per heavy atom. The molecule has 0 atom stereocenters. The molecular formula is C15H12Cl2N4O. The first-order valence-electron chi connectivity index (χ1n) is 6.61. The first-order valence-corrected chi connectivity index (χ1v) is 7.36. The van der Waals surface area contributed by atoms with Crippen LogP contribution < -0.4 is 5.43 Å². The number of rotatable bonds is 3. The van der Waals surface area contributed by atoms with E-state index in [0.29, 0.717) is 17.9 Å². The summed E-state index contributed by atoms with van der Waals surface area (Å²) in [6, 6.07) is 13.0. The molecule has 1 aromatic heterocycles. The summed E-state index contributed by atoms with van der Waals surface area (Å²) in [4.78, 5) is 20.1. The van der Waals surface area contributed by atoms with E-state index >= 15 is 0 Å². The molecule has 1 aliphatic rings. The number of hydrogen-bond acceptors (Lipinski definition) is 4. The van der Waals surface area contributed by atoms with E-state index in [4.69, 9.17) is 23.2 Å². The number of carbonyl (C=O) groups is 1. The Morgan fingerprint density at radius 2 is 1.82 bits per heavy atom. The van der Waals surface area contributed by atoms with Crippen molar-refractivity contribution in [1.29, 1.82) is 0 Å². The number of carbonyl (C=O) groups excluding carboxylic acids is 1. The number of nitrogens with zero attached hydrogens (tertiary/aromatic N) is 3. The van der Waals surface area contributed by atoms with Gasteiger partial charge in [-0.15, -0.1) is 0 Å². The van der Waals surface area contributed by atoms with Gasteiger partial charge < -0.3 is 0 Å². The molecule has 2 aromatic rings. The van der Waals surface area contributed by atoms with E-state index in [9.17, 15) is 4.79 Å². The van der Waals surface area contributed by atoms with Crippen LogP contribution in [0.2, 0.25) is 10.3 Å². The molecule has 0 radical (unpaired) electrons. The van der Waals surface area contributed by atoms with Crippen LogP contribution in [0.3, 0.4) is 0 Å². The number of halogens is 2. The third kappa shape index (κ3) is 3.37. The summed E-state index contributed by atoms with van der Waals surface area (Å²) in [5, 5.41) is 2.08. The number of benzene rings is 1. The molecule has 2 heterocycles. The minimum absolute atomic E-state index is 0.0761. The quantitative estimate of drug-likeness (QED) is 0.878. The van der Waals surface area contributed by atoms with E-state index in [0.717, 1.165) is 5.56 Å². The van der Waals surface area contributed by atoms with Crippen molar-refractivity contribution in [3.8, 4) is 0 Å². The maximum atomic E-state index is 12.0. The Labute approximate surface area is 137 Å². The zero-order valence-corrected chi connectivity index (χ0v) is 13.0. The molecule has 0 saturated carbocycles. The van der Waals surface area contributed by atoms with Gasteiger partial charge in [0.05, 0.1) is 6.54 Å². The van der Waals surface area contributed by atoms with Gasteiger partial charge in [0.25, 0.3) is 5.91 Å². The van der Waals surface area contributed by atoms with Crippen LogP contribution in [0.5, 0.6) is 0 Å². The molecule has 1 aliphatic heterocycles. The molecule has 0 spiro atoms. The minimum atomic E-state index is -0.0983. The zero-order chi connectivity index (χ0) is 15.5. The summed E-state index contributed by atoms with van der Waals surface area (Å²) in [7, 11) is 0. The Hall–Kier alpha value is -2.11. The number of hydrogen-bond donors (Lipinski definition) is 1. The summed E-state index contributed by atoms with van der Waals surface area (Å²) < 4.78 is 0. The Balaban J connectivity index is 1.82. The largest absolute Gasteiger partial charge is 0.279 e. The van der Waals surface area contributed by atoms with Gasteiger partial charge in [-0.1, -0.05) is 53.5 Å². The number of nitrogens with one attached hydrogen (secondary N) is 1. The maximum Gasteiger partial charge on any atom is 0.262 e. The van der Waals surface area contributed by atoms with Crippen molar-refractivity contribution in [1.82, 2.24) is 15.4 Å². The Bertz CT molecular complexity index is 713. The van der Waals surface area contributed by atoms with Crippen molar-refractivity contribution in [3.63, 3.8) is 0 Å². The van der Waals surface area contributed by atoms with Crippen molar-refractivity contribution < 1.29 is 4.79 Å². The molecule has 5 nitrogen and oxygen atoms in total. The summed E-state index contributed by atoms with van der Waals surface area (Å²) >= 11 is 11.8. The molecule has 1 N–H and O–H groups in total. The van der Waals surface area contributed by atoms with Crippen LogP contribution >= 0.6 is 23.2 Å². The van der Waals surface area contributed by atoms with Crippen LogP contribution in [0.1, 0.15) is 11.1 Å². The van der Waals surface area contributed by atoms with Gasteiger partial charge in [-0.05, 0) is 17.7 Å². The number of amides is 1. The zero-order valence-electron chi connectivity index (χ0n) is 11.5. The van der Waals surface area contributed by atoms with Gasteiger partial charge in [0.1, 0.15) is 22.7 Å². The highest BCUT2D eigenvalue weighted by Crippen LogP contribution is 2.16. The summed E-state index contributed by atoms with van der Waals surface area (Å²) in [6.07, 6.45) is 0. The molecule has 3 rings (SSSR count). The summed E-state index contributed by atoms with van der Waals surface area (Å²) in [5.74, 6) is 0.445. The number of pyridine rings is 1. The number of aliphatic imine (C=N–C) groups is 1. The fourth-order valence-electron chi connectivity index (χ4n) is 2.11. The highest BCUT2D eigenvalue weighted by atomic mass is 35.5. The van der Waals surface area contributed by atoms with Gasteiger partial charge in [-0.3, -0.25) is 15.2 Å². The molecule has 0 saturated heterocycles. The summed E-state index contributed by atoms with van der Waals surface area (Å²) in [6.45, 7) is 0.526. The van der Waals surface area contributed by atoms with Gasteiger partial charge >= 0.3 is 0 Å². The third-order valence-corrected chi connectivity index (χ3v) is 3.52. The van der Waals surface area contributed by atoms with Crippen LogP contribution in [0.25, 0.3) is 0 Å². The van der Waals surface area contributed by atoms with Crippen LogP contribution in [-0.2, 0) is 11.3 Å². The molecule has 0 unspecified atom stereocenters. The van der Waals surface area contributed by atoms with E-state index in [1.165, 1.54) is 5.01 Å². The van der Waals surface area contributed by atoms with Crippen molar-refractivity contribution in [2.75, 3.05) is 6.54 Å². The smallest absolute Gasteiger partial charge is 0.262 e. The van der Waals surface area contributed by atoms with Crippen LogP contribution in [0.15, 0.2) is 47.5 Å². The standard InChI is InChI=1S/C15H12Cl2N4O/c16-12-6-11(7-13(17)19-12)15-18-8-14(22)21(20-15)9-10-4-2-1-3-5-10/h1-7H,8-9H2,(H,18,20). The Kier molecular flexibility index (Phi) is 4.27. The molecule has 0 bridgehead atoms. The summed E-state index contributed by atoms with van der Waals surface area (Å²) in [5.41, 5.74) is 4.73. The fourth-order valence-corrected chi connectivity index (χ4v) is 2.57. The topological polar surface area (TPSA) is 57.6 Å². The lowest BCUT2D eigenvalue weighted by Gasteiger charge is -2.28. The number of aromatic nitrogens is 1. The average molecular weight is 335 g/mol. The predicted octanol–water partition coefficient (Wildman–Crippen LogP) is 2.68. The lowest BCUT2D eigenvalue weighted by Crippen LogP contribution is -2.50. The predicted molar refractivity (Wildman–Crippen MR) is 85.8 cm³/mol. The normalized spacial score (nSPS) is 14.5. The lowest BCUT2D eigenvalue weighted by molar-refractivity contribution is -0.132. The first-order chi connectivity index (χ1) is 10.6. The van der Waals surface area contributed by atoms with Gasteiger partial charge in [0.15, 0.2) is 0 Å². The molecule has 7 heteroatoms. The van der Waals surface area contributed by atoms with Crippen molar-refractivity contribution in [3.05, 3.63) is 63.9 Å². The van der Waals surface area contributed by atoms with E-state index in [1.807, 2.05) is 30.3 Å². The molecule has 1 aromatic carbocycles. The highest BCUT2D eigenvalue weighted by Gasteiger charge is 2.21. The molecular weight excluding hydrogens is 323 g/mol. The second kappa shape index (κ2) is 6.34. The fraction of sp³-hybridized carbons (Fsp3) is 0.133. The van der Waals surface area contributed by atoms with E-state index < -0.39 is 0 Å². The molecule has 112 valence electrons. The van der Waals surface area contributed by atoms with Gasteiger partial charge in [0.2, 0.25) is 0 Å². The van der Waals surface area contributed by atoms with Crippen LogP contribution in [0, 0.1) is 0 Å². The van der Waals surface area contributed by atoms with Crippen molar-refractivity contribution in [2.24, 2.45) is 4.99 Å². The average Bonchev–Trinajstić information content (AvgIpc) is 2.49. The number of hydrazine groups is 1. The van der Waals surface area contributed by atoms with E-state index in [1.54, 1.807) is 12.1 Å². The maximum absolute atomic E-state index is 12.0. The molecule has 0 aliphatic carbocycles. The van der Waals surface area contributed by atoms with E-state index in [2.05, 4.69) is 15.4 Å². The molecule has 22 heavy (non-hydrogen) atoms. The van der Waals surface area contributed by atoms with E-state index in [-0.39, 0.29) is 22.8 Å². The first kappa shape index (κ1) is 14.8. The second-order valence-electron chi connectivity index (χ2n) is 4.74. The molecule has 1 amide bonds. The Morgan fingerprint density at radius 3 is 2.50 bits per heavy atom.